The fraction of sp³-hybridized carbons (Fsp3) is 0.382. The van der Waals surface area contributed by atoms with E-state index < -0.39 is 82.0 Å². The molecule has 1 unspecified atom stereocenters. The number of hydrogen-bond acceptors (Lipinski definition) is 10. The molecule has 1 aliphatic heterocycles. The van der Waals surface area contributed by atoms with Gasteiger partial charge in [0.15, 0.2) is 12.7 Å². The average molecular weight is 728 g/mol. The van der Waals surface area contributed by atoms with Crippen LogP contribution in [-0.4, -0.2) is 108 Å². The number of fused-ring (bicyclic) bond motifs is 1. The Morgan fingerprint density at radius 2 is 1.66 bits per heavy atom. The molecule has 5 atom stereocenters. The van der Waals surface area contributed by atoms with Crippen molar-refractivity contribution < 1.29 is 42.2 Å². The summed E-state index contributed by atoms with van der Waals surface area (Å²) in [5.41, 5.74) is 5.86. The number of rotatable bonds is 16. The van der Waals surface area contributed by atoms with Crippen molar-refractivity contribution in [1.82, 2.24) is 20.9 Å². The topological polar surface area (TPSA) is 214 Å². The first-order valence-corrected chi connectivity index (χ1v) is 19.0. The van der Waals surface area contributed by atoms with Crippen molar-refractivity contribution in [3.63, 3.8) is 0 Å². The predicted octanol–water partition coefficient (Wildman–Crippen LogP) is 0.118. The minimum absolute atomic E-state index is 0.0449. The van der Waals surface area contributed by atoms with Gasteiger partial charge in [-0.3, -0.25) is 24.0 Å². The zero-order valence-corrected chi connectivity index (χ0v) is 29.2. The first-order valence-electron chi connectivity index (χ1n) is 15.8. The van der Waals surface area contributed by atoms with Crippen LogP contribution in [0.15, 0.2) is 72.8 Å². The van der Waals surface area contributed by atoms with E-state index in [0.717, 1.165) is 17.0 Å². The Labute approximate surface area is 294 Å². The number of carbonyl (C=O) groups excluding carboxylic acids is 5. The molecule has 0 bridgehead atoms. The maximum Gasteiger partial charge on any atom is 0.258 e. The van der Waals surface area contributed by atoms with Crippen LogP contribution in [0.5, 0.6) is 5.75 Å². The molecule has 16 heteroatoms. The number of thioether (sulfide) groups is 1. The van der Waals surface area contributed by atoms with Crippen molar-refractivity contribution in [2.75, 3.05) is 30.2 Å². The van der Waals surface area contributed by atoms with Crippen molar-refractivity contribution in [2.24, 2.45) is 5.73 Å². The summed E-state index contributed by atoms with van der Waals surface area (Å²) in [6, 6.07) is 16.9. The Hall–Kier alpha value is -4.67. The van der Waals surface area contributed by atoms with Gasteiger partial charge in [-0.05, 0) is 30.4 Å². The third kappa shape index (κ3) is 10.9. The van der Waals surface area contributed by atoms with Crippen molar-refractivity contribution in [2.45, 2.75) is 50.0 Å². The number of sulfone groups is 1. The van der Waals surface area contributed by atoms with Gasteiger partial charge < -0.3 is 36.4 Å². The number of amides is 5. The number of primary amides is 1. The Kier molecular flexibility index (Phi) is 13.2. The standard InChI is InChI=1S/C34H41N5O9S2/c1-21(15-29(35)40)36-33(44)27-18-49-20-39(27)34(45)31(42)25(16-22-9-4-3-5-10-22)38-32(43)26(19-50(2,46)47)37-30(41)17-48-28-14-8-12-23-11-6-7-13-24(23)28/h3-14,21,25-27,31,42H,15-20H2,1-2H3,(H2,35,40)(H,36,44)(H,37,41)(H,38,43)/t21?,25-,26-,27-,31-/m0/s1. The normalized spacial score (nSPS) is 16.9. The molecule has 1 fully saturated rings. The number of nitrogens with one attached hydrogen (secondary N) is 3. The number of aliphatic hydroxyl groups is 1. The van der Waals surface area contributed by atoms with E-state index >= 15 is 0 Å². The first kappa shape index (κ1) is 38.1. The molecular weight excluding hydrogens is 687 g/mol. The highest BCUT2D eigenvalue weighted by atomic mass is 32.2. The number of nitrogens with two attached hydrogens (primary N) is 1. The van der Waals surface area contributed by atoms with Gasteiger partial charge in [0.05, 0.1) is 17.7 Å². The van der Waals surface area contributed by atoms with E-state index in [1.807, 2.05) is 30.3 Å². The lowest BCUT2D eigenvalue weighted by Crippen LogP contribution is -2.59. The van der Waals surface area contributed by atoms with Crippen LogP contribution < -0.4 is 26.4 Å². The van der Waals surface area contributed by atoms with Crippen LogP contribution in [-0.2, 0) is 40.2 Å². The van der Waals surface area contributed by atoms with E-state index in [9.17, 15) is 37.5 Å². The van der Waals surface area contributed by atoms with Gasteiger partial charge in [-0.1, -0.05) is 66.7 Å². The molecule has 5 amide bonds. The van der Waals surface area contributed by atoms with E-state index in [2.05, 4.69) is 16.0 Å². The van der Waals surface area contributed by atoms with Gasteiger partial charge in [0.25, 0.3) is 11.8 Å². The summed E-state index contributed by atoms with van der Waals surface area (Å²) < 4.78 is 30.4. The summed E-state index contributed by atoms with van der Waals surface area (Å²) in [5.74, 6) is -3.75. The van der Waals surface area contributed by atoms with Crippen LogP contribution in [0.3, 0.4) is 0 Å². The Morgan fingerprint density at radius 1 is 0.980 bits per heavy atom. The molecule has 268 valence electrons. The zero-order chi connectivity index (χ0) is 36.4. The molecule has 3 aromatic carbocycles. The number of aliphatic hydroxyl groups excluding tert-OH is 1. The maximum atomic E-state index is 13.7. The fourth-order valence-electron chi connectivity index (χ4n) is 5.49. The second-order valence-electron chi connectivity index (χ2n) is 12.1. The van der Waals surface area contributed by atoms with Crippen molar-refractivity contribution >= 4 is 61.9 Å². The molecule has 0 aliphatic carbocycles. The Morgan fingerprint density at radius 3 is 2.36 bits per heavy atom. The van der Waals surface area contributed by atoms with Crippen LogP contribution in [0, 0.1) is 0 Å². The highest BCUT2D eigenvalue weighted by molar-refractivity contribution is 7.99. The van der Waals surface area contributed by atoms with Crippen molar-refractivity contribution in [3.05, 3.63) is 78.4 Å². The summed E-state index contributed by atoms with van der Waals surface area (Å²) in [7, 11) is -3.82. The monoisotopic (exact) mass is 727 g/mol. The molecule has 1 aliphatic rings. The van der Waals surface area contributed by atoms with Gasteiger partial charge in [0.1, 0.15) is 27.7 Å². The van der Waals surface area contributed by atoms with Gasteiger partial charge >= 0.3 is 0 Å². The van der Waals surface area contributed by atoms with E-state index in [4.69, 9.17) is 10.5 Å². The molecule has 50 heavy (non-hydrogen) atoms. The summed E-state index contributed by atoms with van der Waals surface area (Å²) in [5, 5.41) is 20.7. The quantitative estimate of drug-likeness (QED) is 0.134. The van der Waals surface area contributed by atoms with Gasteiger partial charge in [0, 0.05) is 29.9 Å². The van der Waals surface area contributed by atoms with Crippen molar-refractivity contribution in [3.8, 4) is 5.75 Å². The van der Waals surface area contributed by atoms with Gasteiger partial charge in [0.2, 0.25) is 17.7 Å². The molecule has 6 N–H and O–H groups in total. The molecule has 0 spiro atoms. The second-order valence-corrected chi connectivity index (χ2v) is 15.3. The van der Waals surface area contributed by atoms with Crippen LogP contribution in [0.4, 0.5) is 0 Å². The largest absolute Gasteiger partial charge is 0.483 e. The number of nitrogens with zero attached hydrogens (tertiary/aromatic N) is 1. The summed E-state index contributed by atoms with van der Waals surface area (Å²) in [6.45, 7) is 1.07. The highest BCUT2D eigenvalue weighted by Crippen LogP contribution is 2.25. The lowest BCUT2D eigenvalue weighted by Gasteiger charge is -2.31. The minimum Gasteiger partial charge on any atom is -0.483 e. The lowest BCUT2D eigenvalue weighted by atomic mass is 9.99. The lowest BCUT2D eigenvalue weighted by molar-refractivity contribution is -0.147. The third-order valence-electron chi connectivity index (χ3n) is 7.85. The molecule has 1 saturated heterocycles. The average Bonchev–Trinajstić information content (AvgIpc) is 3.56. The highest BCUT2D eigenvalue weighted by Gasteiger charge is 2.41. The minimum atomic E-state index is -3.82. The summed E-state index contributed by atoms with van der Waals surface area (Å²) in [6.07, 6.45) is -1.10. The second kappa shape index (κ2) is 17.3. The van der Waals surface area contributed by atoms with E-state index in [1.54, 1.807) is 49.4 Å². The van der Waals surface area contributed by atoms with E-state index in [-0.39, 0.29) is 24.5 Å². The molecule has 0 aromatic heterocycles. The maximum absolute atomic E-state index is 13.7. The van der Waals surface area contributed by atoms with Gasteiger partial charge in [-0.25, -0.2) is 8.42 Å². The van der Waals surface area contributed by atoms with Crippen LogP contribution >= 0.6 is 11.8 Å². The predicted molar refractivity (Wildman–Crippen MR) is 189 cm³/mol. The summed E-state index contributed by atoms with van der Waals surface area (Å²) >= 11 is 1.28. The summed E-state index contributed by atoms with van der Waals surface area (Å²) in [4.78, 5) is 65.8. The van der Waals surface area contributed by atoms with Crippen LogP contribution in [0.1, 0.15) is 18.9 Å². The van der Waals surface area contributed by atoms with Crippen molar-refractivity contribution in [1.29, 1.82) is 0 Å². The van der Waals surface area contributed by atoms with Crippen LogP contribution in [0.2, 0.25) is 0 Å². The van der Waals surface area contributed by atoms with Gasteiger partial charge in [-0.15, -0.1) is 11.8 Å². The van der Waals surface area contributed by atoms with E-state index in [1.165, 1.54) is 16.7 Å². The SMILES string of the molecule is CC(CC(N)=O)NC(=O)[C@@H]1CSCN1C(=O)[C@@H](O)[C@H](Cc1ccccc1)NC(=O)[C@H](CS(C)(=O)=O)NC(=O)COc1cccc2ccccc12. The van der Waals surface area contributed by atoms with Gasteiger partial charge in [-0.2, -0.15) is 0 Å². The van der Waals surface area contributed by atoms with Crippen LogP contribution in [0.25, 0.3) is 10.8 Å². The molecule has 14 nitrogen and oxygen atoms in total. The molecule has 4 rings (SSSR count). The first-order chi connectivity index (χ1) is 23.7. The number of carbonyl (C=O) groups is 5. The third-order valence-corrected chi connectivity index (χ3v) is 9.80. The van der Waals surface area contributed by atoms with E-state index in [0.29, 0.717) is 11.3 Å². The number of ether oxygens (including phenoxy) is 1. The Balaban J connectivity index is 1.50. The Bertz CT molecular complexity index is 1800. The smallest absolute Gasteiger partial charge is 0.258 e. The molecule has 0 saturated carbocycles. The number of hydrogen-bond donors (Lipinski definition) is 5. The number of benzene rings is 3. The molecule has 0 radical (unpaired) electrons. The fourth-order valence-corrected chi connectivity index (χ4v) is 7.49. The molecular formula is C34H41N5O9S2. The molecule has 3 aromatic rings. The zero-order valence-electron chi connectivity index (χ0n) is 27.6. The molecule has 1 heterocycles.